The number of rotatable bonds is 11. The molecule has 1 amide bonds. The summed E-state index contributed by atoms with van der Waals surface area (Å²) in [7, 11) is -3.76. The van der Waals surface area contributed by atoms with Gasteiger partial charge < -0.3 is 14.1 Å². The standard InChI is InChI=1S/C22H30N2O6S/c1-16(2)13-24(14-17(3)4)21(25)15-30-22(26)18-7-9-20(10-8-18)31(27,28)23-12-19-6-5-11-29-19/h5-11,16-17,23H,12-15H2,1-4H3. The highest BCUT2D eigenvalue weighted by molar-refractivity contribution is 7.89. The van der Waals surface area contributed by atoms with E-state index < -0.39 is 16.0 Å². The topological polar surface area (TPSA) is 106 Å². The van der Waals surface area contributed by atoms with Crippen LogP contribution in [0.15, 0.2) is 52.0 Å². The molecule has 2 aromatic rings. The number of amides is 1. The minimum atomic E-state index is -3.76. The Kier molecular flexibility index (Phi) is 8.82. The Labute approximate surface area is 183 Å². The van der Waals surface area contributed by atoms with E-state index in [-0.39, 0.29) is 29.5 Å². The Morgan fingerprint density at radius 2 is 1.65 bits per heavy atom. The van der Waals surface area contributed by atoms with E-state index in [1.54, 1.807) is 17.0 Å². The molecular weight excluding hydrogens is 420 g/mol. The molecule has 0 saturated carbocycles. The van der Waals surface area contributed by atoms with Crippen LogP contribution in [0.2, 0.25) is 0 Å². The van der Waals surface area contributed by atoms with Gasteiger partial charge in [-0.3, -0.25) is 4.79 Å². The van der Waals surface area contributed by atoms with Crippen LogP contribution in [0.5, 0.6) is 0 Å². The fraction of sp³-hybridized carbons (Fsp3) is 0.455. The van der Waals surface area contributed by atoms with E-state index in [1.807, 2.05) is 27.7 Å². The average molecular weight is 451 g/mol. The zero-order valence-electron chi connectivity index (χ0n) is 18.3. The maximum absolute atomic E-state index is 12.5. The molecule has 0 aliphatic heterocycles. The molecule has 0 fully saturated rings. The molecule has 1 aromatic heterocycles. The Balaban J connectivity index is 1.94. The highest BCUT2D eigenvalue weighted by Crippen LogP contribution is 2.13. The van der Waals surface area contributed by atoms with Crippen LogP contribution < -0.4 is 4.72 Å². The molecule has 9 heteroatoms. The van der Waals surface area contributed by atoms with Gasteiger partial charge in [-0.05, 0) is 48.2 Å². The summed E-state index contributed by atoms with van der Waals surface area (Å²) in [6.07, 6.45) is 1.46. The van der Waals surface area contributed by atoms with Crippen LogP contribution in [0.25, 0.3) is 0 Å². The number of carbonyl (C=O) groups is 2. The summed E-state index contributed by atoms with van der Waals surface area (Å²) in [6.45, 7) is 8.92. The summed E-state index contributed by atoms with van der Waals surface area (Å²) >= 11 is 0. The second-order valence-corrected chi connectivity index (χ2v) is 9.86. The van der Waals surface area contributed by atoms with Gasteiger partial charge in [0.05, 0.1) is 23.3 Å². The van der Waals surface area contributed by atoms with Crippen molar-refractivity contribution in [3.8, 4) is 0 Å². The molecule has 1 aromatic carbocycles. The summed E-state index contributed by atoms with van der Waals surface area (Å²) in [5.74, 6) is 0.146. The van der Waals surface area contributed by atoms with Crippen LogP contribution in [0.1, 0.15) is 43.8 Å². The Morgan fingerprint density at radius 3 is 2.16 bits per heavy atom. The van der Waals surface area contributed by atoms with Crippen molar-refractivity contribution in [2.24, 2.45) is 11.8 Å². The molecule has 170 valence electrons. The number of hydrogen-bond acceptors (Lipinski definition) is 6. The largest absolute Gasteiger partial charge is 0.468 e. The van der Waals surface area contributed by atoms with Crippen molar-refractivity contribution in [3.05, 3.63) is 54.0 Å². The lowest BCUT2D eigenvalue weighted by Gasteiger charge is -2.26. The predicted molar refractivity (Wildman–Crippen MR) is 116 cm³/mol. The van der Waals surface area contributed by atoms with Crippen molar-refractivity contribution < 1.29 is 27.2 Å². The van der Waals surface area contributed by atoms with Gasteiger partial charge in [0.25, 0.3) is 5.91 Å². The third-order valence-corrected chi connectivity index (χ3v) is 5.68. The molecule has 31 heavy (non-hydrogen) atoms. The molecule has 0 atom stereocenters. The number of benzene rings is 1. The summed E-state index contributed by atoms with van der Waals surface area (Å²) in [4.78, 5) is 26.4. The maximum Gasteiger partial charge on any atom is 0.338 e. The number of ether oxygens (including phenoxy) is 1. The Bertz CT molecular complexity index is 940. The lowest BCUT2D eigenvalue weighted by Crippen LogP contribution is -2.39. The van der Waals surface area contributed by atoms with E-state index in [2.05, 4.69) is 4.72 Å². The Morgan fingerprint density at radius 1 is 1.03 bits per heavy atom. The first-order chi connectivity index (χ1) is 14.6. The van der Waals surface area contributed by atoms with Crippen LogP contribution in [-0.4, -0.2) is 44.9 Å². The van der Waals surface area contributed by atoms with Crippen molar-refractivity contribution in [2.45, 2.75) is 39.1 Å². The Hall–Kier alpha value is -2.65. The van der Waals surface area contributed by atoms with Crippen LogP contribution in [0.3, 0.4) is 0 Å². The van der Waals surface area contributed by atoms with E-state index in [9.17, 15) is 18.0 Å². The molecule has 0 radical (unpaired) electrons. The van der Waals surface area contributed by atoms with Gasteiger partial charge in [0.2, 0.25) is 10.0 Å². The number of sulfonamides is 1. The number of nitrogens with zero attached hydrogens (tertiary/aromatic N) is 1. The molecule has 0 spiro atoms. The third kappa shape index (κ3) is 7.84. The van der Waals surface area contributed by atoms with E-state index >= 15 is 0 Å². The van der Waals surface area contributed by atoms with Crippen molar-refractivity contribution in [2.75, 3.05) is 19.7 Å². The van der Waals surface area contributed by atoms with Crippen LogP contribution in [0, 0.1) is 11.8 Å². The minimum absolute atomic E-state index is 0.00623. The van der Waals surface area contributed by atoms with Crippen LogP contribution in [-0.2, 0) is 26.1 Å². The number of nitrogens with one attached hydrogen (secondary N) is 1. The lowest BCUT2D eigenvalue weighted by atomic mass is 10.1. The SMILES string of the molecule is CC(C)CN(CC(C)C)C(=O)COC(=O)c1ccc(S(=O)(=O)NCc2ccco2)cc1. The second-order valence-electron chi connectivity index (χ2n) is 8.09. The van der Waals surface area contributed by atoms with Gasteiger partial charge in [0.15, 0.2) is 6.61 Å². The van der Waals surface area contributed by atoms with E-state index in [0.29, 0.717) is 30.7 Å². The molecule has 0 aliphatic carbocycles. The smallest absolute Gasteiger partial charge is 0.338 e. The minimum Gasteiger partial charge on any atom is -0.468 e. The zero-order chi connectivity index (χ0) is 23.0. The monoisotopic (exact) mass is 450 g/mol. The van der Waals surface area contributed by atoms with Crippen LogP contribution >= 0.6 is 0 Å². The lowest BCUT2D eigenvalue weighted by molar-refractivity contribution is -0.135. The van der Waals surface area contributed by atoms with Gasteiger partial charge in [-0.25, -0.2) is 17.9 Å². The van der Waals surface area contributed by atoms with Gasteiger partial charge in [-0.2, -0.15) is 0 Å². The average Bonchev–Trinajstić information content (AvgIpc) is 3.23. The molecule has 1 N–H and O–H groups in total. The molecule has 0 aliphatic rings. The molecule has 0 bridgehead atoms. The predicted octanol–water partition coefficient (Wildman–Crippen LogP) is 3.06. The van der Waals surface area contributed by atoms with Crippen molar-refractivity contribution in [1.29, 1.82) is 0 Å². The molecule has 1 heterocycles. The number of esters is 1. The summed E-state index contributed by atoms with van der Waals surface area (Å²) in [6, 6.07) is 8.66. The van der Waals surface area contributed by atoms with Crippen molar-refractivity contribution >= 4 is 21.9 Å². The van der Waals surface area contributed by atoms with E-state index in [4.69, 9.17) is 9.15 Å². The number of hydrogen-bond donors (Lipinski definition) is 1. The normalized spacial score (nSPS) is 11.7. The van der Waals surface area contributed by atoms with Crippen molar-refractivity contribution in [1.82, 2.24) is 9.62 Å². The maximum atomic E-state index is 12.5. The van der Waals surface area contributed by atoms with Gasteiger partial charge >= 0.3 is 5.97 Å². The first-order valence-corrected chi connectivity index (χ1v) is 11.6. The molecule has 2 rings (SSSR count). The van der Waals surface area contributed by atoms with E-state index in [0.717, 1.165) is 0 Å². The quantitative estimate of drug-likeness (QED) is 0.528. The molecule has 0 unspecified atom stereocenters. The summed E-state index contributed by atoms with van der Waals surface area (Å²) < 4.78 is 37.4. The fourth-order valence-electron chi connectivity index (χ4n) is 2.89. The highest BCUT2D eigenvalue weighted by Gasteiger charge is 2.19. The van der Waals surface area contributed by atoms with Gasteiger partial charge in [0.1, 0.15) is 5.76 Å². The van der Waals surface area contributed by atoms with Crippen LogP contribution in [0.4, 0.5) is 0 Å². The van der Waals surface area contributed by atoms with Crippen molar-refractivity contribution in [3.63, 3.8) is 0 Å². The number of carbonyl (C=O) groups excluding carboxylic acids is 2. The van der Waals surface area contributed by atoms with Gasteiger partial charge in [-0.1, -0.05) is 27.7 Å². The third-order valence-electron chi connectivity index (χ3n) is 4.27. The zero-order valence-corrected chi connectivity index (χ0v) is 19.1. The fourth-order valence-corrected chi connectivity index (χ4v) is 3.89. The molecule has 8 nitrogen and oxygen atoms in total. The number of furan rings is 1. The molecular formula is C22H30N2O6S. The first kappa shape index (κ1) is 24.6. The first-order valence-electron chi connectivity index (χ1n) is 10.2. The molecule has 0 saturated heterocycles. The summed E-state index contributed by atoms with van der Waals surface area (Å²) in [5.41, 5.74) is 0.164. The highest BCUT2D eigenvalue weighted by atomic mass is 32.2. The summed E-state index contributed by atoms with van der Waals surface area (Å²) in [5, 5.41) is 0. The van der Waals surface area contributed by atoms with E-state index in [1.165, 1.54) is 30.5 Å². The van der Waals surface area contributed by atoms with Gasteiger partial charge in [0, 0.05) is 13.1 Å². The van der Waals surface area contributed by atoms with Gasteiger partial charge in [-0.15, -0.1) is 0 Å². The second kappa shape index (κ2) is 11.1.